The molecule has 1 aromatic carbocycles. The molecule has 2 aromatic rings. The zero-order valence-electron chi connectivity index (χ0n) is 11.9. The van der Waals surface area contributed by atoms with E-state index in [4.69, 9.17) is 15.2 Å². The van der Waals surface area contributed by atoms with Gasteiger partial charge in [-0.1, -0.05) is 6.07 Å². The molecule has 1 heterocycles. The summed E-state index contributed by atoms with van der Waals surface area (Å²) < 4.78 is 11.2. The molecule has 4 heteroatoms. The average Bonchev–Trinajstić information content (AvgIpc) is 2.46. The first-order valence-electron chi connectivity index (χ1n) is 6.63. The Kier molecular flexibility index (Phi) is 4.96. The smallest absolute Gasteiger partial charge is 0.161 e. The van der Waals surface area contributed by atoms with Crippen molar-refractivity contribution in [3.63, 3.8) is 0 Å². The second-order valence-corrected chi connectivity index (χ2v) is 4.81. The first kappa shape index (κ1) is 14.3. The molecule has 2 rings (SSSR count). The average molecular weight is 272 g/mol. The van der Waals surface area contributed by atoms with Gasteiger partial charge in [0.2, 0.25) is 0 Å². The van der Waals surface area contributed by atoms with Crippen molar-refractivity contribution in [2.75, 3.05) is 7.11 Å². The molecule has 106 valence electrons. The monoisotopic (exact) mass is 272 g/mol. The lowest BCUT2D eigenvalue weighted by molar-refractivity contribution is 0.284. The largest absolute Gasteiger partial charge is 0.493 e. The predicted octanol–water partition coefficient (Wildman–Crippen LogP) is 2.56. The number of pyridine rings is 1. The summed E-state index contributed by atoms with van der Waals surface area (Å²) in [5.41, 5.74) is 8.03. The molecular weight excluding hydrogens is 252 g/mol. The van der Waals surface area contributed by atoms with E-state index < -0.39 is 0 Å². The van der Waals surface area contributed by atoms with Gasteiger partial charge in [0.1, 0.15) is 6.61 Å². The van der Waals surface area contributed by atoms with Gasteiger partial charge < -0.3 is 15.2 Å². The summed E-state index contributed by atoms with van der Waals surface area (Å²) in [5, 5.41) is 0. The van der Waals surface area contributed by atoms with Gasteiger partial charge in [0.25, 0.3) is 0 Å². The van der Waals surface area contributed by atoms with Crippen LogP contribution in [0.2, 0.25) is 0 Å². The number of benzene rings is 1. The molecule has 2 N–H and O–H groups in total. The molecule has 0 radical (unpaired) electrons. The SMILES string of the molecule is COc1cc(CC(C)N)ccc1OCc1ccncc1. The number of nitrogens with zero attached hydrogens (tertiary/aromatic N) is 1. The number of hydrogen-bond acceptors (Lipinski definition) is 4. The Balaban J connectivity index is 2.07. The Bertz CT molecular complexity index is 541. The van der Waals surface area contributed by atoms with Gasteiger partial charge >= 0.3 is 0 Å². The highest BCUT2D eigenvalue weighted by Crippen LogP contribution is 2.29. The van der Waals surface area contributed by atoms with Crippen LogP contribution in [0.5, 0.6) is 11.5 Å². The fraction of sp³-hybridized carbons (Fsp3) is 0.312. The van der Waals surface area contributed by atoms with Crippen molar-refractivity contribution in [1.29, 1.82) is 0 Å². The fourth-order valence-corrected chi connectivity index (χ4v) is 1.97. The maximum atomic E-state index is 5.81. The minimum atomic E-state index is 0.128. The zero-order chi connectivity index (χ0) is 14.4. The van der Waals surface area contributed by atoms with E-state index in [9.17, 15) is 0 Å². The van der Waals surface area contributed by atoms with Crippen LogP contribution in [0, 0.1) is 0 Å². The first-order valence-corrected chi connectivity index (χ1v) is 6.63. The summed E-state index contributed by atoms with van der Waals surface area (Å²) in [4.78, 5) is 3.98. The Hall–Kier alpha value is -2.07. The first-order chi connectivity index (χ1) is 9.69. The maximum absolute atomic E-state index is 5.81. The molecule has 0 aliphatic rings. The van der Waals surface area contributed by atoms with Gasteiger partial charge in [-0.2, -0.15) is 0 Å². The predicted molar refractivity (Wildman–Crippen MR) is 78.9 cm³/mol. The number of ether oxygens (including phenoxy) is 2. The minimum absolute atomic E-state index is 0.128. The highest BCUT2D eigenvalue weighted by Gasteiger charge is 2.07. The molecule has 0 aliphatic carbocycles. The van der Waals surface area contributed by atoms with Crippen LogP contribution in [-0.4, -0.2) is 18.1 Å². The molecule has 4 nitrogen and oxygen atoms in total. The topological polar surface area (TPSA) is 57.4 Å². The summed E-state index contributed by atoms with van der Waals surface area (Å²) in [7, 11) is 1.64. The van der Waals surface area contributed by atoms with Crippen LogP contribution in [-0.2, 0) is 13.0 Å². The van der Waals surface area contributed by atoms with E-state index in [0.717, 1.165) is 29.0 Å². The van der Waals surface area contributed by atoms with Crippen molar-refractivity contribution in [1.82, 2.24) is 4.98 Å². The Morgan fingerprint density at radius 3 is 2.50 bits per heavy atom. The Morgan fingerprint density at radius 1 is 1.10 bits per heavy atom. The normalized spacial score (nSPS) is 11.9. The zero-order valence-corrected chi connectivity index (χ0v) is 11.9. The number of rotatable bonds is 6. The highest BCUT2D eigenvalue weighted by molar-refractivity contribution is 5.43. The van der Waals surface area contributed by atoms with E-state index in [1.54, 1.807) is 19.5 Å². The van der Waals surface area contributed by atoms with E-state index in [0.29, 0.717) is 6.61 Å². The van der Waals surface area contributed by atoms with Gasteiger partial charge in [0.15, 0.2) is 11.5 Å². The van der Waals surface area contributed by atoms with Crippen LogP contribution in [0.25, 0.3) is 0 Å². The van der Waals surface area contributed by atoms with E-state index >= 15 is 0 Å². The third-order valence-electron chi connectivity index (χ3n) is 2.93. The maximum Gasteiger partial charge on any atom is 0.161 e. The van der Waals surface area contributed by atoms with Gasteiger partial charge in [0.05, 0.1) is 7.11 Å². The van der Waals surface area contributed by atoms with E-state index in [2.05, 4.69) is 4.98 Å². The number of methoxy groups -OCH3 is 1. The summed E-state index contributed by atoms with van der Waals surface area (Å²) in [5.74, 6) is 1.47. The lowest BCUT2D eigenvalue weighted by Gasteiger charge is -2.13. The molecule has 0 saturated carbocycles. The van der Waals surface area contributed by atoms with Crippen LogP contribution in [0.1, 0.15) is 18.1 Å². The lowest BCUT2D eigenvalue weighted by atomic mass is 10.1. The summed E-state index contributed by atoms with van der Waals surface area (Å²) in [6.45, 7) is 2.48. The van der Waals surface area contributed by atoms with Gasteiger partial charge in [-0.3, -0.25) is 4.98 Å². The molecular formula is C16H20N2O2. The van der Waals surface area contributed by atoms with Gasteiger partial charge in [-0.15, -0.1) is 0 Å². The third kappa shape index (κ3) is 3.96. The Labute approximate surface area is 119 Å². The van der Waals surface area contributed by atoms with E-state index in [1.807, 2.05) is 37.3 Å². The molecule has 0 amide bonds. The van der Waals surface area contributed by atoms with Gasteiger partial charge in [0, 0.05) is 18.4 Å². The molecule has 1 atom stereocenters. The van der Waals surface area contributed by atoms with Crippen molar-refractivity contribution in [3.8, 4) is 11.5 Å². The van der Waals surface area contributed by atoms with Crippen LogP contribution in [0.3, 0.4) is 0 Å². The second kappa shape index (κ2) is 6.91. The number of nitrogens with two attached hydrogens (primary N) is 1. The molecule has 0 saturated heterocycles. The van der Waals surface area contributed by atoms with E-state index in [-0.39, 0.29) is 6.04 Å². The summed E-state index contributed by atoms with van der Waals surface area (Å²) >= 11 is 0. The van der Waals surface area contributed by atoms with Crippen molar-refractivity contribution in [3.05, 3.63) is 53.9 Å². The minimum Gasteiger partial charge on any atom is -0.493 e. The quantitative estimate of drug-likeness (QED) is 0.878. The summed E-state index contributed by atoms with van der Waals surface area (Å²) in [6, 6.07) is 9.91. The summed E-state index contributed by atoms with van der Waals surface area (Å²) in [6.07, 6.45) is 4.32. The van der Waals surface area contributed by atoms with Crippen LogP contribution in [0.15, 0.2) is 42.7 Å². The molecule has 1 aromatic heterocycles. The van der Waals surface area contributed by atoms with Crippen LogP contribution >= 0.6 is 0 Å². The molecule has 0 fully saturated rings. The molecule has 1 unspecified atom stereocenters. The molecule has 0 spiro atoms. The lowest BCUT2D eigenvalue weighted by Crippen LogP contribution is -2.17. The fourth-order valence-electron chi connectivity index (χ4n) is 1.97. The third-order valence-corrected chi connectivity index (χ3v) is 2.93. The molecule has 0 aliphatic heterocycles. The highest BCUT2D eigenvalue weighted by atomic mass is 16.5. The molecule has 0 bridgehead atoms. The van der Waals surface area contributed by atoms with Crippen molar-refractivity contribution < 1.29 is 9.47 Å². The van der Waals surface area contributed by atoms with Crippen molar-refractivity contribution in [2.24, 2.45) is 5.73 Å². The number of aromatic nitrogens is 1. The van der Waals surface area contributed by atoms with Gasteiger partial charge in [-0.25, -0.2) is 0 Å². The van der Waals surface area contributed by atoms with Crippen molar-refractivity contribution >= 4 is 0 Å². The second-order valence-electron chi connectivity index (χ2n) is 4.81. The van der Waals surface area contributed by atoms with Gasteiger partial charge in [-0.05, 0) is 48.7 Å². The number of hydrogen-bond donors (Lipinski definition) is 1. The van der Waals surface area contributed by atoms with E-state index in [1.165, 1.54) is 0 Å². The van der Waals surface area contributed by atoms with Crippen molar-refractivity contribution in [2.45, 2.75) is 26.0 Å². The van der Waals surface area contributed by atoms with Crippen LogP contribution in [0.4, 0.5) is 0 Å². The standard InChI is InChI=1S/C16H20N2O2/c1-12(17)9-14-3-4-15(16(10-14)19-2)20-11-13-5-7-18-8-6-13/h3-8,10,12H,9,11,17H2,1-2H3. The van der Waals surface area contributed by atoms with Crippen LogP contribution < -0.4 is 15.2 Å². The Morgan fingerprint density at radius 2 is 1.85 bits per heavy atom. The molecule has 20 heavy (non-hydrogen) atoms.